The number of fused-ring (bicyclic) bond motifs is 1. The Balaban J connectivity index is 1.47. The average molecular weight is 607 g/mol. The van der Waals surface area contributed by atoms with Crippen LogP contribution in [0.4, 0.5) is 4.79 Å². The summed E-state index contributed by atoms with van der Waals surface area (Å²) < 4.78 is 5.21. The summed E-state index contributed by atoms with van der Waals surface area (Å²) in [7, 11) is 3.34. The van der Waals surface area contributed by atoms with Crippen molar-refractivity contribution in [2.75, 3.05) is 33.8 Å². The fourth-order valence-electron chi connectivity index (χ4n) is 6.21. The SMILES string of the molecule is CCNC(=O)NC[C@H]1CC[C@H]2CC[C@@H](C(=O)NCCc3ccc(OC)cc3)N2C(=O)C1NC(=O)C(Cc1ccccc1)NC. The molecule has 0 aliphatic carbocycles. The molecule has 2 heterocycles. The van der Waals surface area contributed by atoms with Crippen molar-refractivity contribution < 1.29 is 23.9 Å². The maximum absolute atomic E-state index is 14.3. The third-order valence-corrected chi connectivity index (χ3v) is 8.65. The van der Waals surface area contributed by atoms with Gasteiger partial charge in [0.2, 0.25) is 17.7 Å². The van der Waals surface area contributed by atoms with Crippen molar-refractivity contribution >= 4 is 23.8 Å². The number of nitrogens with zero attached hydrogens (tertiary/aromatic N) is 1. The molecule has 2 saturated heterocycles. The van der Waals surface area contributed by atoms with E-state index < -0.39 is 18.1 Å². The molecule has 0 saturated carbocycles. The van der Waals surface area contributed by atoms with Crippen LogP contribution in [0.2, 0.25) is 0 Å². The molecule has 238 valence electrons. The number of likely N-dealkylation sites (N-methyl/N-ethyl adjacent to an activating group) is 1. The van der Waals surface area contributed by atoms with Crippen LogP contribution in [-0.4, -0.2) is 86.6 Å². The van der Waals surface area contributed by atoms with Gasteiger partial charge in [0.05, 0.1) is 13.2 Å². The van der Waals surface area contributed by atoms with Crippen LogP contribution >= 0.6 is 0 Å². The van der Waals surface area contributed by atoms with Gasteiger partial charge in [-0.2, -0.15) is 0 Å². The van der Waals surface area contributed by atoms with Crippen molar-refractivity contribution in [1.82, 2.24) is 31.5 Å². The van der Waals surface area contributed by atoms with E-state index in [0.29, 0.717) is 51.6 Å². The lowest BCUT2D eigenvalue weighted by Crippen LogP contribution is -2.59. The first kappa shape index (κ1) is 32.8. The molecular weight excluding hydrogens is 560 g/mol. The highest BCUT2D eigenvalue weighted by atomic mass is 16.5. The van der Waals surface area contributed by atoms with Crippen molar-refractivity contribution in [3.63, 3.8) is 0 Å². The molecule has 11 heteroatoms. The summed E-state index contributed by atoms with van der Waals surface area (Å²) in [6.07, 6.45) is 3.71. The summed E-state index contributed by atoms with van der Waals surface area (Å²) in [6.45, 7) is 2.98. The van der Waals surface area contributed by atoms with Crippen LogP contribution in [0.1, 0.15) is 43.7 Å². The van der Waals surface area contributed by atoms with Crippen LogP contribution in [0.5, 0.6) is 5.75 Å². The number of hydrogen-bond acceptors (Lipinski definition) is 6. The molecule has 11 nitrogen and oxygen atoms in total. The van der Waals surface area contributed by atoms with Crippen molar-refractivity contribution in [1.29, 1.82) is 0 Å². The zero-order valence-electron chi connectivity index (χ0n) is 25.9. The summed E-state index contributed by atoms with van der Waals surface area (Å²) in [5, 5.41) is 14.7. The molecule has 4 rings (SSSR count). The molecule has 5 amide bonds. The summed E-state index contributed by atoms with van der Waals surface area (Å²) >= 11 is 0. The molecule has 5 atom stereocenters. The molecule has 0 aromatic heterocycles. The molecule has 44 heavy (non-hydrogen) atoms. The van der Waals surface area contributed by atoms with E-state index in [1.807, 2.05) is 61.5 Å². The lowest BCUT2D eigenvalue weighted by Gasteiger charge is -2.33. The number of carbonyl (C=O) groups excluding carboxylic acids is 4. The van der Waals surface area contributed by atoms with E-state index in [4.69, 9.17) is 4.74 Å². The number of ether oxygens (including phenoxy) is 1. The topological polar surface area (TPSA) is 141 Å². The Morgan fingerprint density at radius 1 is 0.932 bits per heavy atom. The van der Waals surface area contributed by atoms with E-state index in [9.17, 15) is 19.2 Å². The Bertz CT molecular complexity index is 1260. The quantitative estimate of drug-likeness (QED) is 0.235. The smallest absolute Gasteiger partial charge is 0.314 e. The van der Waals surface area contributed by atoms with Crippen molar-refractivity contribution in [3.8, 4) is 5.75 Å². The molecule has 0 radical (unpaired) electrons. The molecule has 2 aliphatic heterocycles. The maximum Gasteiger partial charge on any atom is 0.314 e. The van der Waals surface area contributed by atoms with Crippen LogP contribution in [0.15, 0.2) is 54.6 Å². The minimum atomic E-state index is -0.881. The number of carbonyl (C=O) groups is 4. The largest absolute Gasteiger partial charge is 0.497 e. The van der Waals surface area contributed by atoms with Gasteiger partial charge in [0.25, 0.3) is 0 Å². The second-order valence-electron chi connectivity index (χ2n) is 11.5. The Morgan fingerprint density at radius 3 is 2.34 bits per heavy atom. The first-order valence-electron chi connectivity index (χ1n) is 15.6. The van der Waals surface area contributed by atoms with E-state index in [-0.39, 0.29) is 42.3 Å². The van der Waals surface area contributed by atoms with Gasteiger partial charge < -0.3 is 36.2 Å². The molecule has 2 fully saturated rings. The van der Waals surface area contributed by atoms with Gasteiger partial charge in [0.15, 0.2) is 0 Å². The predicted octanol–water partition coefficient (Wildman–Crippen LogP) is 1.76. The Labute approximate surface area is 259 Å². The molecular formula is C33H46N6O5. The van der Waals surface area contributed by atoms with Gasteiger partial charge in [-0.3, -0.25) is 14.4 Å². The second-order valence-corrected chi connectivity index (χ2v) is 11.5. The van der Waals surface area contributed by atoms with Gasteiger partial charge in [-0.15, -0.1) is 0 Å². The van der Waals surface area contributed by atoms with Crippen LogP contribution in [0, 0.1) is 5.92 Å². The average Bonchev–Trinajstić information content (AvgIpc) is 3.42. The first-order chi connectivity index (χ1) is 21.3. The third kappa shape index (κ3) is 8.49. The highest BCUT2D eigenvalue weighted by molar-refractivity contribution is 5.94. The van der Waals surface area contributed by atoms with Crippen molar-refractivity contribution in [2.45, 2.75) is 69.6 Å². The summed E-state index contributed by atoms with van der Waals surface area (Å²) in [5.41, 5.74) is 2.07. The van der Waals surface area contributed by atoms with E-state index in [1.54, 1.807) is 19.1 Å². The monoisotopic (exact) mass is 606 g/mol. The minimum absolute atomic E-state index is 0.0990. The van der Waals surface area contributed by atoms with E-state index >= 15 is 0 Å². The lowest BCUT2D eigenvalue weighted by molar-refractivity contribution is -0.143. The fourth-order valence-corrected chi connectivity index (χ4v) is 6.21. The molecule has 0 bridgehead atoms. The molecule has 2 unspecified atom stereocenters. The first-order valence-corrected chi connectivity index (χ1v) is 15.6. The highest BCUT2D eigenvalue weighted by Gasteiger charge is 2.47. The molecule has 5 N–H and O–H groups in total. The number of nitrogens with one attached hydrogen (secondary N) is 5. The number of amides is 5. The Hall–Kier alpha value is -4.12. The zero-order chi connectivity index (χ0) is 31.5. The third-order valence-electron chi connectivity index (χ3n) is 8.65. The van der Waals surface area contributed by atoms with E-state index in [1.165, 1.54) is 0 Å². The predicted molar refractivity (Wildman–Crippen MR) is 168 cm³/mol. The van der Waals surface area contributed by atoms with E-state index in [0.717, 1.165) is 16.9 Å². The highest BCUT2D eigenvalue weighted by Crippen LogP contribution is 2.34. The van der Waals surface area contributed by atoms with Gasteiger partial charge >= 0.3 is 6.03 Å². The summed E-state index contributed by atoms with van der Waals surface area (Å²) in [6, 6.07) is 14.9. The van der Waals surface area contributed by atoms with Crippen LogP contribution in [-0.2, 0) is 27.2 Å². The van der Waals surface area contributed by atoms with Crippen LogP contribution in [0.25, 0.3) is 0 Å². The molecule has 0 spiro atoms. The van der Waals surface area contributed by atoms with Gasteiger partial charge in [-0.05, 0) is 75.8 Å². The second kappa shape index (κ2) is 16.1. The summed E-state index contributed by atoms with van der Waals surface area (Å²) in [4.78, 5) is 55.2. The normalized spacial score (nSPS) is 21.9. The molecule has 2 aliphatic rings. The summed E-state index contributed by atoms with van der Waals surface area (Å²) in [5.74, 6) is -0.304. The van der Waals surface area contributed by atoms with Crippen molar-refractivity contribution in [2.24, 2.45) is 5.92 Å². The number of benzene rings is 2. The van der Waals surface area contributed by atoms with Gasteiger partial charge in [-0.1, -0.05) is 42.5 Å². The number of rotatable bonds is 13. The maximum atomic E-state index is 14.3. The number of urea groups is 1. The van der Waals surface area contributed by atoms with Crippen LogP contribution in [0.3, 0.4) is 0 Å². The van der Waals surface area contributed by atoms with Crippen molar-refractivity contribution in [3.05, 3.63) is 65.7 Å². The van der Waals surface area contributed by atoms with Gasteiger partial charge in [-0.25, -0.2) is 4.79 Å². The van der Waals surface area contributed by atoms with Gasteiger partial charge in [0.1, 0.15) is 17.8 Å². The van der Waals surface area contributed by atoms with Crippen LogP contribution < -0.4 is 31.3 Å². The zero-order valence-corrected chi connectivity index (χ0v) is 25.9. The Kier molecular flexibility index (Phi) is 12.0. The number of methoxy groups -OCH3 is 1. The Morgan fingerprint density at radius 2 is 1.66 bits per heavy atom. The lowest BCUT2D eigenvalue weighted by atomic mass is 9.92. The van der Waals surface area contributed by atoms with E-state index in [2.05, 4.69) is 26.6 Å². The van der Waals surface area contributed by atoms with Gasteiger partial charge in [0, 0.05) is 31.6 Å². The standard InChI is InChI=1S/C33H46N6O5/c1-4-35-33(43)37-21-24-12-13-25-14-17-28(31(41)36-19-18-22-10-15-26(44-3)16-11-22)39(25)32(42)29(24)38-30(40)27(34-2)20-23-8-6-5-7-9-23/h5-11,15-16,24-25,27-29,34H,4,12-14,17-21H2,1-3H3,(H,36,41)(H,38,40)(H2,35,37,43)/t24-,25+,27?,28+,29?/m1/s1. The fraction of sp³-hybridized carbons (Fsp3) is 0.515. The molecule has 2 aromatic rings. The molecule has 2 aromatic carbocycles. The minimum Gasteiger partial charge on any atom is -0.497 e. The number of hydrogen-bond donors (Lipinski definition) is 5.